The van der Waals surface area contributed by atoms with Crippen LogP contribution in [-0.4, -0.2) is 16.9 Å². The van der Waals surface area contributed by atoms with Gasteiger partial charge in [0.25, 0.3) is 5.91 Å². The molecule has 0 atom stereocenters. The van der Waals surface area contributed by atoms with E-state index in [4.69, 9.17) is 0 Å². The van der Waals surface area contributed by atoms with Gasteiger partial charge in [-0.05, 0) is 48.4 Å². The number of nitrogens with zero attached hydrogens (tertiary/aromatic N) is 2. The maximum Gasteiger partial charge on any atom is 0.257 e. The fourth-order valence-electron chi connectivity index (χ4n) is 2.54. The molecule has 27 heavy (non-hydrogen) atoms. The highest BCUT2D eigenvalue weighted by molar-refractivity contribution is 6.09. The minimum atomic E-state index is -0.213. The number of hydrogen-bond donors (Lipinski definition) is 2. The first-order valence-corrected chi connectivity index (χ1v) is 8.91. The van der Waals surface area contributed by atoms with Crippen molar-refractivity contribution in [2.75, 3.05) is 5.32 Å². The van der Waals surface area contributed by atoms with Gasteiger partial charge in [0.05, 0.1) is 12.2 Å². The molecule has 2 aromatic carbocycles. The van der Waals surface area contributed by atoms with Crippen LogP contribution in [0.15, 0.2) is 84.0 Å². The average molecular weight is 358 g/mol. The van der Waals surface area contributed by atoms with Gasteiger partial charge in [0.15, 0.2) is 0 Å². The topological polar surface area (TPSA) is 66.4 Å². The molecule has 0 saturated carbocycles. The molecule has 0 spiro atoms. The molecular formula is C22H22N4O. The van der Waals surface area contributed by atoms with Crippen LogP contribution in [0.1, 0.15) is 28.5 Å². The summed E-state index contributed by atoms with van der Waals surface area (Å²) in [4.78, 5) is 21.3. The first-order chi connectivity index (χ1) is 13.2. The number of carbonyl (C=O) groups excluding carboxylic acids is 1. The lowest BCUT2D eigenvalue weighted by Gasteiger charge is -2.12. The Morgan fingerprint density at radius 3 is 2.56 bits per heavy atom. The minimum absolute atomic E-state index is 0.213. The van der Waals surface area contributed by atoms with E-state index in [1.807, 2.05) is 54.6 Å². The molecule has 0 saturated heterocycles. The highest BCUT2D eigenvalue weighted by atomic mass is 16.1. The Bertz CT molecular complexity index is 908. The highest BCUT2D eigenvalue weighted by Gasteiger charge is 2.09. The molecule has 0 aliphatic rings. The van der Waals surface area contributed by atoms with Crippen LogP contribution in [0.5, 0.6) is 0 Å². The minimum Gasteiger partial charge on any atom is -0.326 e. The average Bonchev–Trinajstić information content (AvgIpc) is 2.73. The third kappa shape index (κ3) is 5.51. The number of aliphatic imine (C=N–C) groups is 1. The Morgan fingerprint density at radius 2 is 1.81 bits per heavy atom. The van der Waals surface area contributed by atoms with Crippen LogP contribution in [-0.2, 0) is 13.0 Å². The van der Waals surface area contributed by atoms with Crippen molar-refractivity contribution >= 4 is 17.6 Å². The summed E-state index contributed by atoms with van der Waals surface area (Å²) in [5.41, 5.74) is 3.49. The third-order valence-corrected chi connectivity index (χ3v) is 3.99. The molecule has 5 heteroatoms. The molecular weight excluding hydrogens is 336 g/mol. The van der Waals surface area contributed by atoms with Crippen molar-refractivity contribution in [3.63, 3.8) is 0 Å². The normalized spacial score (nSPS) is 11.1. The molecule has 1 aromatic heterocycles. The van der Waals surface area contributed by atoms with E-state index in [1.165, 1.54) is 5.56 Å². The first-order valence-electron chi connectivity index (χ1n) is 8.91. The predicted molar refractivity (Wildman–Crippen MR) is 109 cm³/mol. The number of amides is 1. The standard InChI is InChI=1S/C22H22N4O/c1-2-17-9-8-13-19(15-17)25-22(24-16-20-12-6-7-14-23-20)26-21(27)18-10-4-3-5-11-18/h3-15H,2,16H2,1H3,(H2,24,25,26,27). The van der Waals surface area contributed by atoms with Gasteiger partial charge in [-0.15, -0.1) is 0 Å². The zero-order chi connectivity index (χ0) is 18.9. The fraction of sp³-hybridized carbons (Fsp3) is 0.136. The Hall–Kier alpha value is -3.47. The van der Waals surface area contributed by atoms with Gasteiger partial charge in [-0.1, -0.05) is 43.3 Å². The Labute approximate surface area is 159 Å². The molecule has 5 nitrogen and oxygen atoms in total. The zero-order valence-corrected chi connectivity index (χ0v) is 15.2. The summed E-state index contributed by atoms with van der Waals surface area (Å²) in [5, 5.41) is 6.08. The number of pyridine rings is 1. The van der Waals surface area contributed by atoms with Crippen molar-refractivity contribution in [3.8, 4) is 0 Å². The summed E-state index contributed by atoms with van der Waals surface area (Å²) in [7, 11) is 0. The maximum atomic E-state index is 12.5. The molecule has 0 bridgehead atoms. The lowest BCUT2D eigenvalue weighted by atomic mass is 10.1. The van der Waals surface area contributed by atoms with Crippen LogP contribution in [0.4, 0.5) is 5.69 Å². The quantitative estimate of drug-likeness (QED) is 0.534. The van der Waals surface area contributed by atoms with E-state index < -0.39 is 0 Å². The SMILES string of the molecule is CCc1cccc(NC(=NCc2ccccn2)NC(=O)c2ccccc2)c1. The Balaban J connectivity index is 1.80. The third-order valence-electron chi connectivity index (χ3n) is 3.99. The number of anilines is 1. The van der Waals surface area contributed by atoms with Crippen LogP contribution in [0, 0.1) is 0 Å². The number of aromatic nitrogens is 1. The monoisotopic (exact) mass is 358 g/mol. The summed E-state index contributed by atoms with van der Waals surface area (Å²) in [6.45, 7) is 2.47. The number of nitrogens with one attached hydrogen (secondary N) is 2. The van der Waals surface area contributed by atoms with Crippen LogP contribution in [0.25, 0.3) is 0 Å². The second kappa shape index (κ2) is 9.29. The van der Waals surface area contributed by atoms with Crippen molar-refractivity contribution in [3.05, 3.63) is 95.8 Å². The molecule has 3 aromatic rings. The van der Waals surface area contributed by atoms with Gasteiger partial charge in [0.2, 0.25) is 5.96 Å². The predicted octanol–water partition coefficient (Wildman–Crippen LogP) is 4.04. The van der Waals surface area contributed by atoms with E-state index in [2.05, 4.69) is 33.6 Å². The van der Waals surface area contributed by atoms with Gasteiger partial charge in [-0.3, -0.25) is 15.1 Å². The van der Waals surface area contributed by atoms with E-state index >= 15 is 0 Å². The molecule has 3 rings (SSSR count). The van der Waals surface area contributed by atoms with Gasteiger partial charge >= 0.3 is 0 Å². The molecule has 136 valence electrons. The molecule has 1 heterocycles. The molecule has 2 N–H and O–H groups in total. The van der Waals surface area contributed by atoms with Crippen LogP contribution >= 0.6 is 0 Å². The van der Waals surface area contributed by atoms with E-state index in [-0.39, 0.29) is 5.91 Å². The highest BCUT2D eigenvalue weighted by Crippen LogP contribution is 2.11. The van der Waals surface area contributed by atoms with Gasteiger partial charge in [0.1, 0.15) is 0 Å². The lowest BCUT2D eigenvalue weighted by molar-refractivity contribution is 0.0977. The van der Waals surface area contributed by atoms with Gasteiger partial charge < -0.3 is 5.32 Å². The Kier molecular flexibility index (Phi) is 6.30. The molecule has 1 amide bonds. The second-order valence-corrected chi connectivity index (χ2v) is 5.98. The zero-order valence-electron chi connectivity index (χ0n) is 15.2. The van der Waals surface area contributed by atoms with Crippen molar-refractivity contribution in [1.29, 1.82) is 0 Å². The summed E-state index contributed by atoms with van der Waals surface area (Å²) in [5.74, 6) is 0.178. The molecule has 0 aliphatic heterocycles. The largest absolute Gasteiger partial charge is 0.326 e. The summed E-state index contributed by atoms with van der Waals surface area (Å²) in [6, 6.07) is 22.8. The van der Waals surface area contributed by atoms with Gasteiger partial charge in [-0.2, -0.15) is 0 Å². The van der Waals surface area contributed by atoms with Crippen molar-refractivity contribution < 1.29 is 4.79 Å². The van der Waals surface area contributed by atoms with Crippen LogP contribution in [0.2, 0.25) is 0 Å². The fourth-order valence-corrected chi connectivity index (χ4v) is 2.54. The van der Waals surface area contributed by atoms with E-state index in [0.717, 1.165) is 17.8 Å². The lowest BCUT2D eigenvalue weighted by Crippen LogP contribution is -2.36. The summed E-state index contributed by atoms with van der Waals surface area (Å²) in [6.07, 6.45) is 2.66. The maximum absolute atomic E-state index is 12.5. The number of guanidine groups is 1. The molecule has 0 radical (unpaired) electrons. The van der Waals surface area contributed by atoms with E-state index in [0.29, 0.717) is 18.1 Å². The van der Waals surface area contributed by atoms with Crippen molar-refractivity contribution in [1.82, 2.24) is 10.3 Å². The van der Waals surface area contributed by atoms with E-state index in [9.17, 15) is 4.79 Å². The second-order valence-electron chi connectivity index (χ2n) is 5.98. The van der Waals surface area contributed by atoms with Gasteiger partial charge in [0, 0.05) is 17.4 Å². The van der Waals surface area contributed by atoms with Crippen molar-refractivity contribution in [2.24, 2.45) is 4.99 Å². The van der Waals surface area contributed by atoms with Gasteiger partial charge in [-0.25, -0.2) is 4.99 Å². The number of hydrogen-bond acceptors (Lipinski definition) is 3. The smallest absolute Gasteiger partial charge is 0.257 e. The van der Waals surface area contributed by atoms with Crippen molar-refractivity contribution in [2.45, 2.75) is 19.9 Å². The number of rotatable bonds is 5. The number of benzene rings is 2. The van der Waals surface area contributed by atoms with Crippen LogP contribution in [0.3, 0.4) is 0 Å². The number of carbonyl (C=O) groups is 1. The first kappa shape index (κ1) is 18.3. The van der Waals surface area contributed by atoms with E-state index in [1.54, 1.807) is 18.3 Å². The summed E-state index contributed by atoms with van der Waals surface area (Å²) < 4.78 is 0. The number of aryl methyl sites for hydroxylation is 1. The summed E-state index contributed by atoms with van der Waals surface area (Å²) >= 11 is 0. The molecule has 0 aliphatic carbocycles. The Morgan fingerprint density at radius 1 is 1.00 bits per heavy atom. The molecule has 0 unspecified atom stereocenters. The molecule has 0 fully saturated rings. The van der Waals surface area contributed by atoms with Crippen LogP contribution < -0.4 is 10.6 Å².